The average molecular weight is 220 g/mol. The minimum atomic E-state index is -0.548. The predicted molar refractivity (Wildman–Crippen MR) is 61.8 cm³/mol. The molecule has 0 saturated heterocycles. The molecule has 0 saturated carbocycles. The summed E-state index contributed by atoms with van der Waals surface area (Å²) in [5.74, 6) is 1.47. The topological polar surface area (TPSA) is 38.7 Å². The standard InChI is InChI=1S/C13H16O3/c1-3-9(2)13(14)10-4-5-11-12(8-10)16-7-6-15-11/h3-5,8-9,13-14H,1,6-7H2,2H3. The summed E-state index contributed by atoms with van der Waals surface area (Å²) in [7, 11) is 0. The molecule has 0 aromatic heterocycles. The van der Waals surface area contributed by atoms with Crippen LogP contribution in [-0.2, 0) is 0 Å². The SMILES string of the molecule is C=CC(C)C(O)c1ccc2c(c1)OCCO2. The van der Waals surface area contributed by atoms with Gasteiger partial charge in [0.15, 0.2) is 11.5 Å². The summed E-state index contributed by atoms with van der Waals surface area (Å²) in [6.07, 6.45) is 1.19. The molecule has 0 amide bonds. The van der Waals surface area contributed by atoms with Gasteiger partial charge in [-0.3, -0.25) is 0 Å². The maximum Gasteiger partial charge on any atom is 0.161 e. The van der Waals surface area contributed by atoms with Gasteiger partial charge in [-0.15, -0.1) is 6.58 Å². The van der Waals surface area contributed by atoms with E-state index in [9.17, 15) is 5.11 Å². The molecule has 16 heavy (non-hydrogen) atoms. The Hall–Kier alpha value is -1.48. The highest BCUT2D eigenvalue weighted by Gasteiger charge is 2.17. The van der Waals surface area contributed by atoms with Crippen molar-refractivity contribution in [1.29, 1.82) is 0 Å². The van der Waals surface area contributed by atoms with E-state index in [1.165, 1.54) is 0 Å². The van der Waals surface area contributed by atoms with Crippen molar-refractivity contribution in [1.82, 2.24) is 0 Å². The maximum atomic E-state index is 10.0. The number of aliphatic hydroxyl groups excluding tert-OH is 1. The molecule has 1 heterocycles. The summed E-state index contributed by atoms with van der Waals surface area (Å²) < 4.78 is 10.9. The summed E-state index contributed by atoms with van der Waals surface area (Å²) in [6, 6.07) is 5.53. The Morgan fingerprint density at radius 2 is 2.00 bits per heavy atom. The molecule has 3 heteroatoms. The zero-order chi connectivity index (χ0) is 11.5. The molecule has 86 valence electrons. The Kier molecular flexibility index (Phi) is 3.15. The van der Waals surface area contributed by atoms with Gasteiger partial charge in [0.25, 0.3) is 0 Å². The molecule has 1 aromatic carbocycles. The Labute approximate surface area is 95.3 Å². The van der Waals surface area contributed by atoms with Gasteiger partial charge in [0.1, 0.15) is 13.2 Å². The lowest BCUT2D eigenvalue weighted by molar-refractivity contribution is 0.137. The Balaban J connectivity index is 2.26. The van der Waals surface area contributed by atoms with Crippen molar-refractivity contribution in [3.63, 3.8) is 0 Å². The molecule has 0 spiro atoms. The molecule has 2 unspecified atom stereocenters. The predicted octanol–water partition coefficient (Wildman–Crippen LogP) is 2.31. The quantitative estimate of drug-likeness (QED) is 0.794. The number of hydrogen-bond acceptors (Lipinski definition) is 3. The summed E-state index contributed by atoms with van der Waals surface area (Å²) in [5.41, 5.74) is 0.830. The lowest BCUT2D eigenvalue weighted by Crippen LogP contribution is -2.16. The highest BCUT2D eigenvalue weighted by atomic mass is 16.6. The molecule has 2 rings (SSSR count). The van der Waals surface area contributed by atoms with E-state index < -0.39 is 6.10 Å². The molecule has 1 aliphatic heterocycles. The first-order valence-electron chi connectivity index (χ1n) is 5.42. The van der Waals surface area contributed by atoms with E-state index in [2.05, 4.69) is 6.58 Å². The molecular formula is C13H16O3. The summed E-state index contributed by atoms with van der Waals surface area (Å²) in [6.45, 7) is 6.74. The first-order chi connectivity index (χ1) is 7.72. The Bertz CT molecular complexity index is 387. The second-order valence-corrected chi connectivity index (χ2v) is 3.94. The average Bonchev–Trinajstić information content (AvgIpc) is 2.36. The number of ether oxygens (including phenoxy) is 2. The van der Waals surface area contributed by atoms with Gasteiger partial charge in [-0.05, 0) is 17.7 Å². The van der Waals surface area contributed by atoms with Crippen LogP contribution in [0.3, 0.4) is 0 Å². The van der Waals surface area contributed by atoms with Gasteiger partial charge in [0, 0.05) is 5.92 Å². The van der Waals surface area contributed by atoms with Gasteiger partial charge >= 0.3 is 0 Å². The molecule has 1 aromatic rings. The zero-order valence-corrected chi connectivity index (χ0v) is 9.35. The van der Waals surface area contributed by atoms with Gasteiger partial charge < -0.3 is 14.6 Å². The van der Waals surface area contributed by atoms with E-state index in [1.54, 1.807) is 6.08 Å². The first-order valence-corrected chi connectivity index (χ1v) is 5.42. The van der Waals surface area contributed by atoms with Crippen LogP contribution in [0.4, 0.5) is 0 Å². The van der Waals surface area contributed by atoms with Crippen LogP contribution in [0.15, 0.2) is 30.9 Å². The second-order valence-electron chi connectivity index (χ2n) is 3.94. The molecule has 0 fully saturated rings. The van der Waals surface area contributed by atoms with Crippen molar-refractivity contribution >= 4 is 0 Å². The lowest BCUT2D eigenvalue weighted by Gasteiger charge is -2.21. The van der Waals surface area contributed by atoms with Gasteiger partial charge in [-0.25, -0.2) is 0 Å². The van der Waals surface area contributed by atoms with E-state index in [1.807, 2.05) is 25.1 Å². The summed E-state index contributed by atoms with van der Waals surface area (Å²) in [4.78, 5) is 0. The largest absolute Gasteiger partial charge is 0.486 e. The third-order valence-corrected chi connectivity index (χ3v) is 2.78. The molecule has 0 radical (unpaired) electrons. The fraction of sp³-hybridized carbons (Fsp3) is 0.385. The van der Waals surface area contributed by atoms with Gasteiger partial charge in [-0.1, -0.05) is 19.1 Å². The van der Waals surface area contributed by atoms with E-state index in [-0.39, 0.29) is 5.92 Å². The Morgan fingerprint density at radius 1 is 1.31 bits per heavy atom. The van der Waals surface area contributed by atoms with Crippen molar-refractivity contribution in [2.45, 2.75) is 13.0 Å². The van der Waals surface area contributed by atoms with Crippen LogP contribution in [0.2, 0.25) is 0 Å². The minimum Gasteiger partial charge on any atom is -0.486 e. The molecule has 2 atom stereocenters. The maximum absolute atomic E-state index is 10.0. The van der Waals surface area contributed by atoms with Crippen LogP contribution in [0, 0.1) is 5.92 Å². The zero-order valence-electron chi connectivity index (χ0n) is 9.35. The Morgan fingerprint density at radius 3 is 2.69 bits per heavy atom. The van der Waals surface area contributed by atoms with E-state index >= 15 is 0 Å². The fourth-order valence-corrected chi connectivity index (χ4v) is 1.68. The van der Waals surface area contributed by atoms with Crippen LogP contribution in [-0.4, -0.2) is 18.3 Å². The van der Waals surface area contributed by atoms with Crippen LogP contribution in [0.25, 0.3) is 0 Å². The van der Waals surface area contributed by atoms with Crippen molar-refractivity contribution in [2.75, 3.05) is 13.2 Å². The van der Waals surface area contributed by atoms with Crippen molar-refractivity contribution in [2.24, 2.45) is 5.92 Å². The molecule has 0 aliphatic carbocycles. The molecule has 3 nitrogen and oxygen atoms in total. The number of benzene rings is 1. The normalized spacial score (nSPS) is 17.6. The van der Waals surface area contributed by atoms with Crippen molar-refractivity contribution in [3.8, 4) is 11.5 Å². The van der Waals surface area contributed by atoms with Gasteiger partial charge in [-0.2, -0.15) is 0 Å². The number of fused-ring (bicyclic) bond motifs is 1. The summed E-state index contributed by atoms with van der Waals surface area (Å²) >= 11 is 0. The third kappa shape index (κ3) is 2.04. The smallest absolute Gasteiger partial charge is 0.161 e. The highest BCUT2D eigenvalue weighted by Crippen LogP contribution is 2.34. The van der Waals surface area contributed by atoms with E-state index in [4.69, 9.17) is 9.47 Å². The second kappa shape index (κ2) is 4.58. The van der Waals surface area contributed by atoms with Crippen LogP contribution in [0.5, 0.6) is 11.5 Å². The lowest BCUT2D eigenvalue weighted by atomic mass is 9.97. The molecule has 1 aliphatic rings. The van der Waals surface area contributed by atoms with Crippen LogP contribution in [0.1, 0.15) is 18.6 Å². The monoisotopic (exact) mass is 220 g/mol. The van der Waals surface area contributed by atoms with Crippen LogP contribution < -0.4 is 9.47 Å². The molecule has 0 bridgehead atoms. The molecule has 1 N–H and O–H groups in total. The van der Waals surface area contributed by atoms with E-state index in [0.717, 1.165) is 11.3 Å². The molecular weight excluding hydrogens is 204 g/mol. The third-order valence-electron chi connectivity index (χ3n) is 2.78. The minimum absolute atomic E-state index is 0.0163. The number of rotatable bonds is 3. The van der Waals surface area contributed by atoms with Crippen LogP contribution >= 0.6 is 0 Å². The summed E-state index contributed by atoms with van der Waals surface area (Å²) in [5, 5.41) is 10.0. The van der Waals surface area contributed by atoms with Crippen molar-refractivity contribution < 1.29 is 14.6 Å². The van der Waals surface area contributed by atoms with E-state index in [0.29, 0.717) is 19.0 Å². The first kappa shape index (κ1) is 11.0. The van der Waals surface area contributed by atoms with Gasteiger partial charge in [0.05, 0.1) is 6.10 Å². The fourth-order valence-electron chi connectivity index (χ4n) is 1.68. The van der Waals surface area contributed by atoms with Gasteiger partial charge in [0.2, 0.25) is 0 Å². The number of aliphatic hydroxyl groups is 1. The van der Waals surface area contributed by atoms with Crippen molar-refractivity contribution in [3.05, 3.63) is 36.4 Å². The number of hydrogen-bond donors (Lipinski definition) is 1. The highest BCUT2D eigenvalue weighted by molar-refractivity contribution is 5.44.